The molecule has 92 valence electrons. The molecular weight excluding hydrogens is 285 g/mol. The molecule has 0 unspecified atom stereocenters. The highest BCUT2D eigenvalue weighted by atomic mass is 79.9. The van der Waals surface area contributed by atoms with Crippen LogP contribution in [-0.4, -0.2) is 12.5 Å². The molecule has 1 aromatic rings. The first kappa shape index (κ1) is 12.6. The summed E-state index contributed by atoms with van der Waals surface area (Å²) in [4.78, 5) is 11.9. The molecule has 0 aliphatic heterocycles. The second-order valence-corrected chi connectivity index (χ2v) is 5.31. The van der Waals surface area contributed by atoms with Crippen molar-refractivity contribution in [1.29, 1.82) is 0 Å². The van der Waals surface area contributed by atoms with E-state index in [4.69, 9.17) is 0 Å². The Balaban J connectivity index is 1.99. The molecule has 1 amide bonds. The maximum Gasteiger partial charge on any atom is 0.255 e. The van der Waals surface area contributed by atoms with Gasteiger partial charge in [-0.2, -0.15) is 0 Å². The Labute approximate surface area is 109 Å². The molecule has 1 aliphatic rings. The van der Waals surface area contributed by atoms with E-state index in [1.165, 1.54) is 31.7 Å². The van der Waals surface area contributed by atoms with E-state index >= 15 is 0 Å². The van der Waals surface area contributed by atoms with Crippen LogP contribution in [0.2, 0.25) is 0 Å². The molecule has 0 spiro atoms. The summed E-state index contributed by atoms with van der Waals surface area (Å²) in [6.45, 7) is 0.652. The van der Waals surface area contributed by atoms with Crippen molar-refractivity contribution in [2.45, 2.75) is 25.7 Å². The number of hydrogen-bond donors (Lipinski definition) is 1. The molecule has 0 radical (unpaired) electrons. The number of amides is 1. The van der Waals surface area contributed by atoms with Gasteiger partial charge in [0.1, 0.15) is 5.82 Å². The van der Waals surface area contributed by atoms with Gasteiger partial charge in [-0.15, -0.1) is 0 Å². The van der Waals surface area contributed by atoms with E-state index < -0.39 is 5.82 Å². The molecule has 1 fully saturated rings. The van der Waals surface area contributed by atoms with E-state index in [1.54, 1.807) is 12.1 Å². The van der Waals surface area contributed by atoms with Gasteiger partial charge in [-0.25, -0.2) is 4.39 Å². The molecule has 1 N–H and O–H groups in total. The fraction of sp³-hybridized carbons (Fsp3) is 0.462. The van der Waals surface area contributed by atoms with Crippen LogP contribution in [0.15, 0.2) is 22.7 Å². The van der Waals surface area contributed by atoms with Gasteiger partial charge >= 0.3 is 0 Å². The van der Waals surface area contributed by atoms with Crippen LogP contribution >= 0.6 is 15.9 Å². The molecule has 0 heterocycles. The number of carbonyl (C=O) groups is 1. The Morgan fingerprint density at radius 3 is 2.76 bits per heavy atom. The van der Waals surface area contributed by atoms with Crippen LogP contribution in [0.4, 0.5) is 4.39 Å². The smallest absolute Gasteiger partial charge is 0.255 e. The van der Waals surface area contributed by atoms with Crippen molar-refractivity contribution in [2.24, 2.45) is 5.92 Å². The van der Waals surface area contributed by atoms with Crippen LogP contribution in [0.3, 0.4) is 0 Å². The zero-order chi connectivity index (χ0) is 12.3. The molecule has 2 rings (SSSR count). The van der Waals surface area contributed by atoms with Crippen molar-refractivity contribution >= 4 is 21.8 Å². The summed E-state index contributed by atoms with van der Waals surface area (Å²) in [5, 5.41) is 2.81. The average molecular weight is 300 g/mol. The molecule has 0 aromatic heterocycles. The number of benzene rings is 1. The second-order valence-electron chi connectivity index (χ2n) is 4.46. The lowest BCUT2D eigenvalue weighted by Gasteiger charge is -2.11. The minimum Gasteiger partial charge on any atom is -0.352 e. The number of nitrogens with one attached hydrogen (secondary N) is 1. The lowest BCUT2D eigenvalue weighted by Crippen LogP contribution is -2.29. The molecule has 1 saturated carbocycles. The van der Waals surface area contributed by atoms with Crippen LogP contribution < -0.4 is 5.32 Å². The lowest BCUT2D eigenvalue weighted by atomic mass is 10.1. The Morgan fingerprint density at radius 2 is 2.12 bits per heavy atom. The van der Waals surface area contributed by atoms with Gasteiger partial charge in [0, 0.05) is 11.0 Å². The largest absolute Gasteiger partial charge is 0.352 e. The van der Waals surface area contributed by atoms with E-state index in [0.717, 1.165) is 0 Å². The van der Waals surface area contributed by atoms with Gasteiger partial charge < -0.3 is 5.32 Å². The average Bonchev–Trinajstić information content (AvgIpc) is 2.79. The van der Waals surface area contributed by atoms with Crippen molar-refractivity contribution < 1.29 is 9.18 Å². The quantitative estimate of drug-likeness (QED) is 0.909. The van der Waals surface area contributed by atoms with Crippen LogP contribution in [0.5, 0.6) is 0 Å². The molecule has 0 atom stereocenters. The van der Waals surface area contributed by atoms with Crippen molar-refractivity contribution in [3.05, 3.63) is 34.1 Å². The molecule has 17 heavy (non-hydrogen) atoms. The predicted octanol–water partition coefficient (Wildman–Crippen LogP) is 3.51. The Hall–Kier alpha value is -0.900. The van der Waals surface area contributed by atoms with Crippen molar-refractivity contribution in [3.63, 3.8) is 0 Å². The first-order chi connectivity index (χ1) is 8.18. The lowest BCUT2D eigenvalue weighted by molar-refractivity contribution is 0.0942. The van der Waals surface area contributed by atoms with Gasteiger partial charge in [0.15, 0.2) is 0 Å². The van der Waals surface area contributed by atoms with E-state index in [2.05, 4.69) is 21.2 Å². The van der Waals surface area contributed by atoms with E-state index in [0.29, 0.717) is 16.9 Å². The molecule has 1 aliphatic carbocycles. The van der Waals surface area contributed by atoms with Crippen LogP contribution in [0, 0.1) is 11.7 Å². The van der Waals surface area contributed by atoms with Gasteiger partial charge in [-0.05, 0) is 46.8 Å². The maximum absolute atomic E-state index is 13.5. The number of rotatable bonds is 3. The van der Waals surface area contributed by atoms with Gasteiger partial charge in [0.05, 0.1) is 5.56 Å². The van der Waals surface area contributed by atoms with E-state index in [-0.39, 0.29) is 11.5 Å². The third kappa shape index (κ3) is 3.06. The number of hydrogen-bond acceptors (Lipinski definition) is 1. The summed E-state index contributed by atoms with van der Waals surface area (Å²) in [5.41, 5.74) is 0.102. The Morgan fingerprint density at radius 1 is 1.41 bits per heavy atom. The molecule has 4 heteroatoms. The summed E-state index contributed by atoms with van der Waals surface area (Å²) < 4.78 is 14.0. The first-order valence-corrected chi connectivity index (χ1v) is 6.70. The SMILES string of the molecule is O=C(NCC1CCCC1)c1c(F)cccc1Br. The van der Waals surface area contributed by atoms with Gasteiger partial charge in [-0.3, -0.25) is 4.79 Å². The molecule has 2 nitrogen and oxygen atoms in total. The Bertz CT molecular complexity index is 396. The van der Waals surface area contributed by atoms with Gasteiger partial charge in [0.25, 0.3) is 5.91 Å². The topological polar surface area (TPSA) is 29.1 Å². The second kappa shape index (κ2) is 5.63. The van der Waals surface area contributed by atoms with Crippen LogP contribution in [-0.2, 0) is 0 Å². The standard InChI is InChI=1S/C13H15BrFNO/c14-10-6-3-7-11(15)12(10)13(17)16-8-9-4-1-2-5-9/h3,6-7,9H,1-2,4-5,8H2,(H,16,17). The normalized spacial score (nSPS) is 16.1. The molecule has 0 saturated heterocycles. The fourth-order valence-electron chi connectivity index (χ4n) is 2.25. The van der Waals surface area contributed by atoms with Crippen LogP contribution in [0.25, 0.3) is 0 Å². The molecule has 1 aromatic carbocycles. The van der Waals surface area contributed by atoms with Crippen LogP contribution in [0.1, 0.15) is 36.0 Å². The zero-order valence-electron chi connectivity index (χ0n) is 9.51. The van der Waals surface area contributed by atoms with E-state index in [9.17, 15) is 9.18 Å². The summed E-state index contributed by atoms with van der Waals surface area (Å²) in [6, 6.07) is 4.55. The maximum atomic E-state index is 13.5. The minimum atomic E-state index is -0.483. The van der Waals surface area contributed by atoms with Crippen molar-refractivity contribution in [2.75, 3.05) is 6.54 Å². The third-order valence-electron chi connectivity index (χ3n) is 3.22. The summed E-state index contributed by atoms with van der Waals surface area (Å²) in [5.74, 6) is -0.255. The third-order valence-corrected chi connectivity index (χ3v) is 3.88. The monoisotopic (exact) mass is 299 g/mol. The highest BCUT2D eigenvalue weighted by molar-refractivity contribution is 9.10. The highest BCUT2D eigenvalue weighted by Gasteiger charge is 2.19. The fourth-order valence-corrected chi connectivity index (χ4v) is 2.78. The molecule has 0 bridgehead atoms. The van der Waals surface area contributed by atoms with E-state index in [1.807, 2.05) is 0 Å². The minimum absolute atomic E-state index is 0.102. The highest BCUT2D eigenvalue weighted by Crippen LogP contribution is 2.24. The van der Waals surface area contributed by atoms with Crippen molar-refractivity contribution in [3.8, 4) is 0 Å². The van der Waals surface area contributed by atoms with Gasteiger partial charge in [0.2, 0.25) is 0 Å². The van der Waals surface area contributed by atoms with Gasteiger partial charge in [-0.1, -0.05) is 18.9 Å². The summed E-state index contributed by atoms with van der Waals surface area (Å²) in [7, 11) is 0. The first-order valence-electron chi connectivity index (χ1n) is 5.90. The Kier molecular flexibility index (Phi) is 4.15. The van der Waals surface area contributed by atoms with Crippen molar-refractivity contribution in [1.82, 2.24) is 5.32 Å². The molecular formula is C13H15BrFNO. The predicted molar refractivity (Wildman–Crippen MR) is 68.4 cm³/mol. The number of halogens is 2. The zero-order valence-corrected chi connectivity index (χ0v) is 11.1. The number of carbonyl (C=O) groups excluding carboxylic acids is 1. The summed E-state index contributed by atoms with van der Waals surface area (Å²) >= 11 is 3.20. The summed E-state index contributed by atoms with van der Waals surface area (Å²) in [6.07, 6.45) is 4.81.